The predicted molar refractivity (Wildman–Crippen MR) is 39.2 cm³/mol. The number of ether oxygens (including phenoxy) is 1. The zero-order valence-corrected chi connectivity index (χ0v) is 6.69. The van der Waals surface area contributed by atoms with Gasteiger partial charge >= 0.3 is 0 Å². The molecule has 1 fully saturated rings. The van der Waals surface area contributed by atoms with E-state index in [-0.39, 0.29) is 12.0 Å². The highest BCUT2D eigenvalue weighted by atomic mass is 16.6. The van der Waals surface area contributed by atoms with Crippen LogP contribution < -0.4 is 5.32 Å². The molecule has 66 valence electrons. The third-order valence-corrected chi connectivity index (χ3v) is 2.10. The molecule has 1 unspecified atom stereocenters. The third kappa shape index (κ3) is 1.90. The van der Waals surface area contributed by atoms with Crippen LogP contribution in [-0.2, 0) is 4.74 Å². The van der Waals surface area contributed by atoms with Gasteiger partial charge in [0.25, 0.3) is 0 Å². The highest BCUT2D eigenvalue weighted by Gasteiger charge is 2.27. The predicted octanol–water partition coefficient (Wildman–Crippen LogP) is -0.571. The van der Waals surface area contributed by atoms with Gasteiger partial charge in [-0.3, -0.25) is 0 Å². The lowest BCUT2D eigenvalue weighted by Gasteiger charge is -2.26. The van der Waals surface area contributed by atoms with Gasteiger partial charge in [0.1, 0.15) is 6.29 Å². The number of hydrogen-bond donors (Lipinski definition) is 3. The Bertz CT molecular complexity index is 129. The largest absolute Gasteiger partial charge is 0.514 e. The number of aliphatic hydroxyl groups is 2. The van der Waals surface area contributed by atoms with Crippen molar-refractivity contribution in [3.05, 3.63) is 6.73 Å². The molecular weight excluding hydrogens is 146 g/mol. The molecule has 4 atom stereocenters. The second-order valence-corrected chi connectivity index (χ2v) is 2.94. The lowest BCUT2D eigenvalue weighted by atomic mass is 9.97. The topological polar surface area (TPSA) is 61.7 Å². The van der Waals surface area contributed by atoms with Gasteiger partial charge in [-0.2, -0.15) is 6.73 Å². The summed E-state index contributed by atoms with van der Waals surface area (Å²) >= 11 is 0. The summed E-state index contributed by atoms with van der Waals surface area (Å²) in [6.07, 6.45) is -1.28. The van der Waals surface area contributed by atoms with Gasteiger partial charge in [0.2, 0.25) is 0 Å². The standard InChI is InChI=1S/C7H14NO3/c1-4(5(2)9)6-7(10)11-3-8-6/h3-10H,1-2H3/q-1/t4-,5-,6-,7?/m0/s1. The van der Waals surface area contributed by atoms with Crippen molar-refractivity contribution in [3.8, 4) is 0 Å². The van der Waals surface area contributed by atoms with Gasteiger partial charge in [-0.25, -0.2) is 0 Å². The molecule has 0 aromatic rings. The Kier molecular flexibility index (Phi) is 2.84. The van der Waals surface area contributed by atoms with Crippen LogP contribution >= 0.6 is 0 Å². The highest BCUT2D eigenvalue weighted by molar-refractivity contribution is 4.84. The fourth-order valence-corrected chi connectivity index (χ4v) is 1.07. The Morgan fingerprint density at radius 1 is 1.55 bits per heavy atom. The van der Waals surface area contributed by atoms with Crippen LogP contribution in [0.4, 0.5) is 0 Å². The summed E-state index contributed by atoms with van der Waals surface area (Å²) in [7, 11) is 0. The second kappa shape index (κ2) is 3.49. The van der Waals surface area contributed by atoms with E-state index in [2.05, 4.69) is 5.32 Å². The molecule has 0 aliphatic carbocycles. The summed E-state index contributed by atoms with van der Waals surface area (Å²) in [6, 6.07) is -0.199. The molecule has 0 saturated carbocycles. The zero-order valence-electron chi connectivity index (χ0n) is 6.69. The van der Waals surface area contributed by atoms with Gasteiger partial charge in [0, 0.05) is 6.04 Å². The van der Waals surface area contributed by atoms with E-state index >= 15 is 0 Å². The van der Waals surface area contributed by atoms with Crippen molar-refractivity contribution in [1.29, 1.82) is 0 Å². The van der Waals surface area contributed by atoms with Crippen molar-refractivity contribution in [1.82, 2.24) is 5.32 Å². The van der Waals surface area contributed by atoms with Crippen LogP contribution in [-0.4, -0.2) is 28.6 Å². The molecule has 0 amide bonds. The van der Waals surface area contributed by atoms with Crippen molar-refractivity contribution in [2.45, 2.75) is 32.3 Å². The van der Waals surface area contributed by atoms with E-state index in [4.69, 9.17) is 4.74 Å². The molecule has 4 nitrogen and oxygen atoms in total. The Labute approximate surface area is 66.2 Å². The van der Waals surface area contributed by atoms with Gasteiger partial charge < -0.3 is 20.3 Å². The van der Waals surface area contributed by atoms with Gasteiger partial charge in [-0.15, -0.1) is 0 Å². The van der Waals surface area contributed by atoms with Crippen LogP contribution in [0.2, 0.25) is 0 Å². The average molecular weight is 160 g/mol. The van der Waals surface area contributed by atoms with Crippen LogP contribution in [0, 0.1) is 12.6 Å². The van der Waals surface area contributed by atoms with Crippen LogP contribution in [0.5, 0.6) is 0 Å². The van der Waals surface area contributed by atoms with Crippen LogP contribution in [0.25, 0.3) is 0 Å². The fraction of sp³-hybridized carbons (Fsp3) is 0.857. The van der Waals surface area contributed by atoms with Gasteiger partial charge in [-0.05, 0) is 12.8 Å². The summed E-state index contributed by atoms with van der Waals surface area (Å²) in [4.78, 5) is 0. The van der Waals surface area contributed by atoms with Crippen molar-refractivity contribution in [2.24, 2.45) is 5.92 Å². The van der Waals surface area contributed by atoms with Crippen molar-refractivity contribution in [2.75, 3.05) is 0 Å². The van der Waals surface area contributed by atoms with Crippen LogP contribution in [0.3, 0.4) is 0 Å². The van der Waals surface area contributed by atoms with E-state index in [0.29, 0.717) is 0 Å². The van der Waals surface area contributed by atoms with E-state index in [1.165, 1.54) is 6.73 Å². The zero-order chi connectivity index (χ0) is 8.43. The molecule has 1 rings (SSSR count). The molecule has 0 aromatic carbocycles. The molecule has 11 heavy (non-hydrogen) atoms. The van der Waals surface area contributed by atoms with Crippen LogP contribution in [0.15, 0.2) is 0 Å². The number of hydrogen-bond acceptors (Lipinski definition) is 4. The first-order chi connectivity index (χ1) is 5.13. The fourth-order valence-electron chi connectivity index (χ4n) is 1.07. The minimum Gasteiger partial charge on any atom is -0.514 e. The second-order valence-electron chi connectivity index (χ2n) is 2.94. The van der Waals surface area contributed by atoms with E-state index in [1.54, 1.807) is 6.92 Å². The summed E-state index contributed by atoms with van der Waals surface area (Å²) in [5.41, 5.74) is 0. The van der Waals surface area contributed by atoms with Gasteiger partial charge in [-0.1, -0.05) is 6.92 Å². The maximum atomic E-state index is 9.18. The van der Waals surface area contributed by atoms with E-state index < -0.39 is 12.4 Å². The lowest BCUT2D eigenvalue weighted by molar-refractivity contribution is -0.0667. The smallest absolute Gasteiger partial charge is 0.139 e. The van der Waals surface area contributed by atoms with Gasteiger partial charge in [0.05, 0.1) is 6.10 Å². The molecule has 4 heteroatoms. The highest BCUT2D eigenvalue weighted by Crippen LogP contribution is 2.17. The first kappa shape index (κ1) is 8.93. The first-order valence-electron chi connectivity index (χ1n) is 3.72. The Hall–Kier alpha value is -0.160. The minimum absolute atomic E-state index is 0.0243. The Balaban J connectivity index is 2.45. The summed E-state index contributed by atoms with van der Waals surface area (Å²) in [5.74, 6) is -0.0243. The molecule has 0 spiro atoms. The Morgan fingerprint density at radius 2 is 2.18 bits per heavy atom. The number of nitrogens with one attached hydrogen (secondary N) is 1. The summed E-state index contributed by atoms with van der Waals surface area (Å²) in [6.45, 7) is 4.90. The average Bonchev–Trinajstić information content (AvgIpc) is 2.33. The molecule has 1 saturated heterocycles. The molecule has 1 aliphatic rings. The van der Waals surface area contributed by atoms with E-state index in [1.807, 2.05) is 6.92 Å². The lowest BCUT2D eigenvalue weighted by Crippen LogP contribution is -2.40. The number of rotatable bonds is 2. The molecule has 3 N–H and O–H groups in total. The maximum absolute atomic E-state index is 9.18. The SMILES string of the molecule is C[C@@H]([C@H](C)O)[C@@H]1N[CH-]OC1O. The molecule has 1 aliphatic heterocycles. The molecule has 0 aromatic heterocycles. The normalized spacial score (nSPS) is 37.1. The first-order valence-corrected chi connectivity index (χ1v) is 3.72. The summed E-state index contributed by atoms with van der Waals surface area (Å²) in [5, 5.41) is 21.2. The quantitative estimate of drug-likeness (QED) is 0.473. The number of aliphatic hydroxyl groups excluding tert-OH is 2. The van der Waals surface area contributed by atoms with Gasteiger partial charge in [0.15, 0.2) is 0 Å². The van der Waals surface area contributed by atoms with Crippen molar-refractivity contribution in [3.63, 3.8) is 0 Å². The monoisotopic (exact) mass is 160 g/mol. The summed E-state index contributed by atoms with van der Waals surface area (Å²) < 4.78 is 4.75. The molecular formula is C7H14NO3-. The van der Waals surface area contributed by atoms with Crippen LogP contribution in [0.1, 0.15) is 13.8 Å². The van der Waals surface area contributed by atoms with E-state index in [0.717, 1.165) is 0 Å². The Morgan fingerprint density at radius 3 is 2.55 bits per heavy atom. The maximum Gasteiger partial charge on any atom is 0.139 e. The molecule has 0 radical (unpaired) electrons. The minimum atomic E-state index is -0.834. The van der Waals surface area contributed by atoms with E-state index in [9.17, 15) is 10.2 Å². The third-order valence-electron chi connectivity index (χ3n) is 2.10. The molecule has 0 bridgehead atoms. The molecule has 1 heterocycles. The van der Waals surface area contributed by atoms with Crippen molar-refractivity contribution >= 4 is 0 Å². The van der Waals surface area contributed by atoms with Crippen molar-refractivity contribution < 1.29 is 14.9 Å².